The number of hydrogen-bond donors (Lipinski definition) is 0. The standard InChI is InChI=1S/C18H19NO2/c1-13-4-2-6-15(12-13)21-11-9-17(20)16-8-7-14-5-3-10-19-18(14)16/h2-6,10,12,16H,7-9,11H2,1H3. The minimum atomic E-state index is -0.0395. The highest BCUT2D eigenvalue weighted by Gasteiger charge is 2.29. The van der Waals surface area contributed by atoms with Crippen molar-refractivity contribution in [2.24, 2.45) is 0 Å². The first kappa shape index (κ1) is 13.8. The Kier molecular flexibility index (Phi) is 4.00. The molecule has 0 saturated carbocycles. The maximum Gasteiger partial charge on any atom is 0.145 e. The average molecular weight is 281 g/mol. The van der Waals surface area contributed by atoms with Gasteiger partial charge in [0.1, 0.15) is 11.5 Å². The zero-order valence-electron chi connectivity index (χ0n) is 12.2. The Morgan fingerprint density at radius 2 is 2.24 bits per heavy atom. The van der Waals surface area contributed by atoms with Gasteiger partial charge in [0, 0.05) is 12.6 Å². The van der Waals surface area contributed by atoms with Crippen molar-refractivity contribution in [1.29, 1.82) is 0 Å². The van der Waals surface area contributed by atoms with Crippen LogP contribution in [-0.4, -0.2) is 17.4 Å². The smallest absolute Gasteiger partial charge is 0.145 e. The van der Waals surface area contributed by atoms with Crippen LogP contribution in [0, 0.1) is 6.92 Å². The number of Topliss-reactive ketones (excluding diaryl/α,β-unsaturated/α-hetero) is 1. The largest absolute Gasteiger partial charge is 0.493 e. The van der Waals surface area contributed by atoms with Gasteiger partial charge < -0.3 is 4.74 Å². The number of nitrogens with zero attached hydrogens (tertiary/aromatic N) is 1. The van der Waals surface area contributed by atoms with E-state index >= 15 is 0 Å². The van der Waals surface area contributed by atoms with Gasteiger partial charge in [-0.3, -0.25) is 9.78 Å². The van der Waals surface area contributed by atoms with Crippen LogP contribution in [0.1, 0.15) is 35.6 Å². The number of carbonyl (C=O) groups is 1. The predicted molar refractivity (Wildman–Crippen MR) is 81.6 cm³/mol. The van der Waals surface area contributed by atoms with Gasteiger partial charge in [-0.15, -0.1) is 0 Å². The number of rotatable bonds is 5. The van der Waals surface area contributed by atoms with Crippen LogP contribution in [0.3, 0.4) is 0 Å². The number of hydrogen-bond acceptors (Lipinski definition) is 3. The molecule has 0 fully saturated rings. The predicted octanol–water partition coefficient (Wildman–Crippen LogP) is 3.46. The van der Waals surface area contributed by atoms with E-state index in [4.69, 9.17) is 4.74 Å². The molecule has 1 atom stereocenters. The Morgan fingerprint density at radius 1 is 1.33 bits per heavy atom. The third kappa shape index (κ3) is 3.13. The highest BCUT2D eigenvalue weighted by atomic mass is 16.5. The Labute approximate surface area is 125 Å². The van der Waals surface area contributed by atoms with Gasteiger partial charge in [-0.05, 0) is 49.1 Å². The molecule has 0 amide bonds. The van der Waals surface area contributed by atoms with E-state index in [9.17, 15) is 4.79 Å². The number of benzene rings is 1. The van der Waals surface area contributed by atoms with E-state index in [-0.39, 0.29) is 11.7 Å². The SMILES string of the molecule is Cc1cccc(OCCC(=O)C2CCc3cccnc32)c1. The highest BCUT2D eigenvalue weighted by molar-refractivity contribution is 5.86. The molecule has 108 valence electrons. The summed E-state index contributed by atoms with van der Waals surface area (Å²) in [5, 5.41) is 0. The molecule has 3 rings (SSSR count). The lowest BCUT2D eigenvalue weighted by molar-refractivity contribution is -0.121. The van der Waals surface area contributed by atoms with E-state index in [1.165, 1.54) is 5.56 Å². The third-order valence-electron chi connectivity index (χ3n) is 3.95. The van der Waals surface area contributed by atoms with Crippen molar-refractivity contribution in [1.82, 2.24) is 4.98 Å². The molecule has 21 heavy (non-hydrogen) atoms. The maximum absolute atomic E-state index is 12.3. The number of fused-ring (bicyclic) bond motifs is 1. The second-order valence-corrected chi connectivity index (χ2v) is 5.52. The summed E-state index contributed by atoms with van der Waals surface area (Å²) in [7, 11) is 0. The van der Waals surface area contributed by atoms with Crippen LogP contribution in [0.2, 0.25) is 0 Å². The topological polar surface area (TPSA) is 39.2 Å². The first-order valence-electron chi connectivity index (χ1n) is 7.40. The van der Waals surface area contributed by atoms with Crippen LogP contribution >= 0.6 is 0 Å². The summed E-state index contributed by atoms with van der Waals surface area (Å²) in [6, 6.07) is 11.9. The van der Waals surface area contributed by atoms with Gasteiger partial charge in [0.2, 0.25) is 0 Å². The lowest BCUT2D eigenvalue weighted by Crippen LogP contribution is -2.14. The van der Waals surface area contributed by atoms with Gasteiger partial charge in [-0.25, -0.2) is 0 Å². The molecule has 1 aliphatic rings. The summed E-state index contributed by atoms with van der Waals surface area (Å²) in [6.45, 7) is 2.46. The molecule has 0 saturated heterocycles. The van der Waals surface area contributed by atoms with Crippen molar-refractivity contribution in [3.8, 4) is 5.75 Å². The molecule has 1 unspecified atom stereocenters. The molecule has 3 heteroatoms. The average Bonchev–Trinajstić information content (AvgIpc) is 2.91. The van der Waals surface area contributed by atoms with E-state index < -0.39 is 0 Å². The van der Waals surface area contributed by atoms with Gasteiger partial charge >= 0.3 is 0 Å². The quantitative estimate of drug-likeness (QED) is 0.842. The fraction of sp³-hybridized carbons (Fsp3) is 0.333. The highest BCUT2D eigenvalue weighted by Crippen LogP contribution is 2.32. The summed E-state index contributed by atoms with van der Waals surface area (Å²) in [5.41, 5.74) is 3.35. The summed E-state index contributed by atoms with van der Waals surface area (Å²) >= 11 is 0. The van der Waals surface area contributed by atoms with Crippen molar-refractivity contribution in [2.75, 3.05) is 6.61 Å². The van der Waals surface area contributed by atoms with Crippen LogP contribution in [-0.2, 0) is 11.2 Å². The molecule has 0 N–H and O–H groups in total. The monoisotopic (exact) mass is 281 g/mol. The Bertz CT molecular complexity index is 651. The number of ketones is 1. The Balaban J connectivity index is 1.56. The van der Waals surface area contributed by atoms with Gasteiger partial charge in [-0.2, -0.15) is 0 Å². The third-order valence-corrected chi connectivity index (χ3v) is 3.95. The molecular weight excluding hydrogens is 262 g/mol. The van der Waals surface area contributed by atoms with Crippen molar-refractivity contribution in [3.05, 3.63) is 59.4 Å². The molecule has 1 heterocycles. The number of ether oxygens (including phenoxy) is 1. The van der Waals surface area contributed by atoms with Crippen molar-refractivity contribution >= 4 is 5.78 Å². The summed E-state index contributed by atoms with van der Waals surface area (Å²) in [4.78, 5) is 16.7. The second-order valence-electron chi connectivity index (χ2n) is 5.52. The van der Waals surface area contributed by atoms with Gasteiger partial charge in [-0.1, -0.05) is 18.2 Å². The van der Waals surface area contributed by atoms with E-state index in [1.54, 1.807) is 6.20 Å². The van der Waals surface area contributed by atoms with Crippen LogP contribution in [0.5, 0.6) is 5.75 Å². The first-order chi connectivity index (χ1) is 10.2. The van der Waals surface area contributed by atoms with Crippen LogP contribution in [0.15, 0.2) is 42.6 Å². The molecular formula is C18H19NO2. The van der Waals surface area contributed by atoms with Gasteiger partial charge in [0.25, 0.3) is 0 Å². The molecule has 1 aromatic carbocycles. The summed E-state index contributed by atoms with van der Waals surface area (Å²) in [5.74, 6) is 1.02. The number of aryl methyl sites for hydroxylation is 2. The Hall–Kier alpha value is -2.16. The fourth-order valence-corrected chi connectivity index (χ4v) is 2.87. The van der Waals surface area contributed by atoms with Crippen molar-refractivity contribution < 1.29 is 9.53 Å². The van der Waals surface area contributed by atoms with Crippen LogP contribution in [0.25, 0.3) is 0 Å². The zero-order chi connectivity index (χ0) is 14.7. The second kappa shape index (κ2) is 6.08. The van der Waals surface area contributed by atoms with E-state index in [0.717, 1.165) is 29.8 Å². The van der Waals surface area contributed by atoms with Crippen molar-refractivity contribution in [2.45, 2.75) is 32.1 Å². The lowest BCUT2D eigenvalue weighted by atomic mass is 9.99. The minimum absolute atomic E-state index is 0.0395. The molecule has 1 aromatic heterocycles. The molecule has 0 spiro atoms. The van der Waals surface area contributed by atoms with E-state index in [0.29, 0.717) is 13.0 Å². The summed E-state index contributed by atoms with van der Waals surface area (Å²) in [6.07, 6.45) is 4.05. The molecule has 0 bridgehead atoms. The molecule has 3 nitrogen and oxygen atoms in total. The maximum atomic E-state index is 12.3. The zero-order valence-corrected chi connectivity index (χ0v) is 12.2. The molecule has 0 aliphatic heterocycles. The molecule has 0 radical (unpaired) electrons. The van der Waals surface area contributed by atoms with Gasteiger partial charge in [0.05, 0.1) is 18.2 Å². The number of aromatic nitrogens is 1. The molecule has 2 aromatic rings. The van der Waals surface area contributed by atoms with Gasteiger partial charge in [0.15, 0.2) is 0 Å². The number of carbonyl (C=O) groups excluding carboxylic acids is 1. The van der Waals surface area contributed by atoms with Crippen LogP contribution < -0.4 is 4.74 Å². The van der Waals surface area contributed by atoms with E-state index in [2.05, 4.69) is 11.1 Å². The van der Waals surface area contributed by atoms with E-state index in [1.807, 2.05) is 37.3 Å². The first-order valence-corrected chi connectivity index (χ1v) is 7.40. The Morgan fingerprint density at radius 3 is 3.10 bits per heavy atom. The van der Waals surface area contributed by atoms with Crippen molar-refractivity contribution in [3.63, 3.8) is 0 Å². The number of pyridine rings is 1. The molecule has 1 aliphatic carbocycles. The normalized spacial score (nSPS) is 16.5. The lowest BCUT2D eigenvalue weighted by Gasteiger charge is -2.10. The van der Waals surface area contributed by atoms with Crippen LogP contribution in [0.4, 0.5) is 0 Å². The summed E-state index contributed by atoms with van der Waals surface area (Å²) < 4.78 is 5.66. The minimum Gasteiger partial charge on any atom is -0.493 e. The fourth-order valence-electron chi connectivity index (χ4n) is 2.87.